The lowest BCUT2D eigenvalue weighted by Gasteiger charge is -2.46. The molecule has 3 N–H and O–H groups in total. The first-order valence-corrected chi connectivity index (χ1v) is 14.4. The minimum absolute atomic E-state index is 0.00531. The number of fused-ring (bicyclic) bond motifs is 3. The van der Waals surface area contributed by atoms with Crippen LogP contribution < -0.4 is 11.1 Å². The molecule has 0 aromatic heterocycles. The maximum Gasteiger partial charge on any atom is 0.263 e. The van der Waals surface area contributed by atoms with Gasteiger partial charge in [-0.05, 0) is 49.6 Å². The third-order valence-corrected chi connectivity index (χ3v) is 9.41. The Bertz CT molecular complexity index is 1350. The summed E-state index contributed by atoms with van der Waals surface area (Å²) < 4.78 is 62.1. The number of hydrogen-bond donors (Lipinski definition) is 2. The van der Waals surface area contributed by atoms with E-state index < -0.39 is 28.7 Å². The number of halogens is 2. The lowest BCUT2D eigenvalue weighted by Crippen LogP contribution is -2.45. The number of sulfonamides is 1. The third-order valence-electron chi connectivity index (χ3n) is 7.53. The van der Waals surface area contributed by atoms with Gasteiger partial charge in [0.2, 0.25) is 10.0 Å². The molecule has 0 spiro atoms. The number of nitrogens with two attached hydrogens (primary N) is 1. The normalized spacial score (nSPS) is 23.1. The second-order valence-corrected chi connectivity index (χ2v) is 12.0. The summed E-state index contributed by atoms with van der Waals surface area (Å²) in [5.41, 5.74) is 9.27. The van der Waals surface area contributed by atoms with Crippen molar-refractivity contribution >= 4 is 15.7 Å². The highest BCUT2D eigenvalue weighted by atomic mass is 32.2. The number of hydrogen-bond acceptors (Lipinski definition) is 5. The summed E-state index contributed by atoms with van der Waals surface area (Å²) in [7, 11) is -3.78. The van der Waals surface area contributed by atoms with E-state index in [9.17, 15) is 17.2 Å². The monoisotopic (exact) mass is 541 g/mol. The van der Waals surface area contributed by atoms with Gasteiger partial charge in [0.15, 0.2) is 0 Å². The molecular weight excluding hydrogens is 508 g/mol. The Morgan fingerprint density at radius 3 is 2.47 bits per heavy atom. The SMILES string of the molecule is Cc1ccc(S(=O)(=O)N(CCN)CC2CCC3C(O2)c2cc(C(F)F)ccc2N[C@H]3c2ccccc2)cc1. The molecule has 5 rings (SSSR count). The van der Waals surface area contributed by atoms with Crippen molar-refractivity contribution in [1.82, 2.24) is 4.31 Å². The van der Waals surface area contributed by atoms with E-state index >= 15 is 0 Å². The smallest absolute Gasteiger partial charge is 0.263 e. The summed E-state index contributed by atoms with van der Waals surface area (Å²) in [5.74, 6) is 0.00531. The van der Waals surface area contributed by atoms with Crippen molar-refractivity contribution in [3.05, 3.63) is 95.1 Å². The predicted octanol–water partition coefficient (Wildman–Crippen LogP) is 5.59. The van der Waals surface area contributed by atoms with Gasteiger partial charge in [-0.2, -0.15) is 4.31 Å². The zero-order chi connectivity index (χ0) is 26.9. The molecule has 2 heterocycles. The Morgan fingerprint density at radius 2 is 1.79 bits per heavy atom. The average Bonchev–Trinajstić information content (AvgIpc) is 2.92. The number of benzene rings is 3. The fourth-order valence-corrected chi connectivity index (χ4v) is 7.06. The standard InChI is InChI=1S/C29H33F2N3O3S/c1-19-7-11-23(12-8-19)38(35,36)34(16-15-32)18-22-10-13-24-27(20-5-3-2-4-6-20)33-26-14-9-21(29(30)31)17-25(26)28(24)37-22/h2-9,11-12,14,17,22,24,27-29,33H,10,13,15-16,18,32H2,1H3/t22?,24?,27-,28?/m0/s1. The average molecular weight is 542 g/mol. The van der Waals surface area contributed by atoms with Gasteiger partial charge >= 0.3 is 0 Å². The molecule has 6 nitrogen and oxygen atoms in total. The van der Waals surface area contributed by atoms with Crippen LogP contribution in [0.5, 0.6) is 0 Å². The fourth-order valence-electron chi connectivity index (χ4n) is 5.58. The predicted molar refractivity (Wildman–Crippen MR) is 144 cm³/mol. The quantitative estimate of drug-likeness (QED) is 0.389. The van der Waals surface area contributed by atoms with E-state index in [1.54, 1.807) is 30.3 Å². The molecule has 0 aliphatic carbocycles. The van der Waals surface area contributed by atoms with Crippen molar-refractivity contribution in [3.8, 4) is 0 Å². The molecular formula is C29H33F2N3O3S. The molecule has 3 unspecified atom stereocenters. The van der Waals surface area contributed by atoms with Crippen molar-refractivity contribution in [3.63, 3.8) is 0 Å². The van der Waals surface area contributed by atoms with Gasteiger partial charge in [-0.1, -0.05) is 54.1 Å². The maximum absolute atomic E-state index is 13.6. The highest BCUT2D eigenvalue weighted by Gasteiger charge is 2.43. The van der Waals surface area contributed by atoms with Crippen LogP contribution in [0.3, 0.4) is 0 Å². The number of nitrogens with one attached hydrogen (secondary N) is 1. The zero-order valence-corrected chi connectivity index (χ0v) is 22.1. The number of aryl methyl sites for hydroxylation is 1. The summed E-state index contributed by atoms with van der Waals surface area (Å²) in [4.78, 5) is 0.211. The van der Waals surface area contributed by atoms with E-state index in [-0.39, 0.29) is 42.1 Å². The molecule has 3 aromatic carbocycles. The van der Waals surface area contributed by atoms with Gasteiger partial charge in [0, 0.05) is 42.4 Å². The largest absolute Gasteiger partial charge is 0.378 e. The van der Waals surface area contributed by atoms with Gasteiger partial charge in [-0.15, -0.1) is 0 Å². The summed E-state index contributed by atoms with van der Waals surface area (Å²) >= 11 is 0. The van der Waals surface area contributed by atoms with E-state index in [0.29, 0.717) is 12.0 Å². The summed E-state index contributed by atoms with van der Waals surface area (Å²) in [5, 5.41) is 3.56. The van der Waals surface area contributed by atoms with Crippen LogP contribution >= 0.6 is 0 Å². The maximum atomic E-state index is 13.6. The summed E-state index contributed by atoms with van der Waals surface area (Å²) in [6.45, 7) is 2.37. The molecule has 1 fully saturated rings. The summed E-state index contributed by atoms with van der Waals surface area (Å²) in [6, 6.07) is 21.4. The first-order valence-electron chi connectivity index (χ1n) is 12.9. The van der Waals surface area contributed by atoms with Crippen LogP contribution in [0.4, 0.5) is 14.5 Å². The lowest BCUT2D eigenvalue weighted by molar-refractivity contribution is -0.0971. The van der Waals surface area contributed by atoms with Crippen LogP contribution in [-0.2, 0) is 14.8 Å². The van der Waals surface area contributed by atoms with Gasteiger partial charge in [0.1, 0.15) is 0 Å². The van der Waals surface area contributed by atoms with Gasteiger partial charge in [0.25, 0.3) is 6.43 Å². The van der Waals surface area contributed by atoms with E-state index in [1.807, 2.05) is 25.1 Å². The Labute approximate surface area is 222 Å². The zero-order valence-electron chi connectivity index (χ0n) is 21.3. The van der Waals surface area contributed by atoms with Crippen molar-refractivity contribution in [2.75, 3.05) is 25.0 Å². The van der Waals surface area contributed by atoms with Crippen molar-refractivity contribution in [1.29, 1.82) is 0 Å². The van der Waals surface area contributed by atoms with Crippen LogP contribution in [0.25, 0.3) is 0 Å². The first-order chi connectivity index (χ1) is 18.3. The third kappa shape index (κ3) is 5.33. The number of anilines is 1. The Kier molecular flexibility index (Phi) is 7.81. The second kappa shape index (κ2) is 11.1. The molecule has 0 amide bonds. The molecule has 4 atom stereocenters. The minimum Gasteiger partial charge on any atom is -0.378 e. The molecule has 0 saturated carbocycles. The molecule has 38 heavy (non-hydrogen) atoms. The fraction of sp³-hybridized carbons (Fsp3) is 0.379. The van der Waals surface area contributed by atoms with Crippen molar-refractivity contribution < 1.29 is 21.9 Å². The molecule has 0 bridgehead atoms. The van der Waals surface area contributed by atoms with Crippen molar-refractivity contribution in [2.24, 2.45) is 11.7 Å². The summed E-state index contributed by atoms with van der Waals surface area (Å²) in [6.07, 6.45) is -2.05. The molecule has 0 radical (unpaired) electrons. The number of nitrogens with zero attached hydrogens (tertiary/aromatic N) is 1. The molecule has 2 aliphatic rings. The van der Waals surface area contributed by atoms with Gasteiger partial charge in [0.05, 0.1) is 23.1 Å². The van der Waals surface area contributed by atoms with E-state index in [1.165, 1.54) is 16.4 Å². The second-order valence-electron chi connectivity index (χ2n) is 10.1. The highest BCUT2D eigenvalue weighted by molar-refractivity contribution is 7.89. The van der Waals surface area contributed by atoms with Gasteiger partial charge < -0.3 is 15.8 Å². The number of alkyl halides is 2. The Hall–Kier alpha value is -2.85. The van der Waals surface area contributed by atoms with Crippen molar-refractivity contribution in [2.45, 2.75) is 49.3 Å². The molecule has 1 saturated heterocycles. The number of ether oxygens (including phenoxy) is 1. The Morgan fingerprint density at radius 1 is 1.05 bits per heavy atom. The highest BCUT2D eigenvalue weighted by Crippen LogP contribution is 2.51. The Balaban J connectivity index is 1.44. The van der Waals surface area contributed by atoms with E-state index in [2.05, 4.69) is 17.4 Å². The van der Waals surface area contributed by atoms with E-state index in [0.717, 1.165) is 23.2 Å². The topological polar surface area (TPSA) is 84.7 Å². The van der Waals surface area contributed by atoms with Crippen LogP contribution in [0.1, 0.15) is 53.7 Å². The molecule has 2 aliphatic heterocycles. The van der Waals surface area contributed by atoms with Crippen LogP contribution in [0.15, 0.2) is 77.7 Å². The van der Waals surface area contributed by atoms with Crippen LogP contribution in [-0.4, -0.2) is 38.5 Å². The minimum atomic E-state index is -3.78. The molecule has 9 heteroatoms. The molecule has 202 valence electrons. The van der Waals surface area contributed by atoms with Crippen LogP contribution in [0, 0.1) is 12.8 Å². The number of rotatable bonds is 8. The van der Waals surface area contributed by atoms with E-state index in [4.69, 9.17) is 10.5 Å². The van der Waals surface area contributed by atoms with Gasteiger partial charge in [-0.3, -0.25) is 0 Å². The lowest BCUT2D eigenvalue weighted by atomic mass is 9.76. The molecule has 3 aromatic rings. The van der Waals surface area contributed by atoms with Gasteiger partial charge in [-0.25, -0.2) is 17.2 Å². The van der Waals surface area contributed by atoms with Crippen LogP contribution in [0.2, 0.25) is 0 Å². The first kappa shape index (κ1) is 26.7.